The van der Waals surface area contributed by atoms with Crippen LogP contribution >= 0.6 is 0 Å². The van der Waals surface area contributed by atoms with E-state index in [1.807, 2.05) is 60.7 Å². The van der Waals surface area contributed by atoms with Gasteiger partial charge < -0.3 is 9.73 Å². The van der Waals surface area contributed by atoms with Crippen molar-refractivity contribution in [1.29, 1.82) is 0 Å². The highest BCUT2D eigenvalue weighted by atomic mass is 16.3. The fraction of sp³-hybridized carbons (Fsp3) is 0.115. The average Bonchev–Trinajstić information content (AvgIpc) is 3.35. The minimum Gasteiger partial charge on any atom is -0.458 e. The summed E-state index contributed by atoms with van der Waals surface area (Å²) in [4.78, 5) is 39.5. The summed E-state index contributed by atoms with van der Waals surface area (Å²) in [5.74, 6) is -0.503. The first kappa shape index (κ1) is 19.8. The van der Waals surface area contributed by atoms with Gasteiger partial charge in [0.2, 0.25) is 0 Å². The number of fused-ring (bicyclic) bond motifs is 1. The summed E-state index contributed by atoms with van der Waals surface area (Å²) in [7, 11) is 0. The second kappa shape index (κ2) is 7.50. The number of imide groups is 1. The molecular formula is C26H20N2O4. The topological polar surface area (TPSA) is 79.6 Å². The molecule has 32 heavy (non-hydrogen) atoms. The summed E-state index contributed by atoms with van der Waals surface area (Å²) in [6.45, 7) is 1.25. The quantitative estimate of drug-likeness (QED) is 0.370. The van der Waals surface area contributed by atoms with Gasteiger partial charge in [-0.2, -0.15) is 0 Å². The highest BCUT2D eigenvalue weighted by molar-refractivity contribution is 6.11. The molecule has 6 nitrogen and oxygen atoms in total. The summed E-state index contributed by atoms with van der Waals surface area (Å²) in [6.07, 6.45) is 0. The molecule has 1 N–H and O–H groups in total. The zero-order chi connectivity index (χ0) is 22.3. The Kier molecular flexibility index (Phi) is 4.63. The molecule has 5 rings (SSSR count). The van der Waals surface area contributed by atoms with E-state index in [9.17, 15) is 14.4 Å². The van der Waals surface area contributed by atoms with Crippen molar-refractivity contribution >= 4 is 28.7 Å². The average molecular weight is 424 g/mol. The Bertz CT molecular complexity index is 1310. The molecule has 2 heterocycles. The lowest BCUT2D eigenvalue weighted by atomic mass is 9.98. The third-order valence-electron chi connectivity index (χ3n) is 5.81. The molecule has 3 aromatic carbocycles. The number of amides is 3. The van der Waals surface area contributed by atoms with Crippen LogP contribution in [-0.4, -0.2) is 29.2 Å². The van der Waals surface area contributed by atoms with Crippen LogP contribution in [0.25, 0.3) is 22.1 Å². The summed E-state index contributed by atoms with van der Waals surface area (Å²) >= 11 is 0. The van der Waals surface area contributed by atoms with Gasteiger partial charge in [-0.15, -0.1) is 0 Å². The lowest BCUT2D eigenvalue weighted by Crippen LogP contribution is -2.41. The van der Waals surface area contributed by atoms with Gasteiger partial charge in [0.1, 0.15) is 11.3 Å². The van der Waals surface area contributed by atoms with E-state index in [2.05, 4.69) is 5.32 Å². The van der Waals surface area contributed by atoms with E-state index in [0.29, 0.717) is 16.9 Å². The van der Waals surface area contributed by atoms with Crippen LogP contribution in [0, 0.1) is 0 Å². The standard InChI is InChI=1S/C26H20N2O4/c1-26(23-15-20-9-5-6-10-22(20)32-23)24(30)28(25(31)27-26)16-21(29)19-13-11-18(12-14-19)17-7-3-2-4-8-17/h2-15H,16H2,1H3,(H,27,31). The van der Waals surface area contributed by atoms with E-state index in [-0.39, 0.29) is 12.3 Å². The number of Topliss-reactive ketones (excluding diaryl/α,β-unsaturated/α-hetero) is 1. The Morgan fingerprint density at radius 2 is 1.56 bits per heavy atom. The lowest BCUT2D eigenvalue weighted by molar-refractivity contribution is -0.131. The molecule has 4 aromatic rings. The Labute approximate surface area is 184 Å². The predicted octanol–water partition coefficient (Wildman–Crippen LogP) is 4.75. The van der Waals surface area contributed by atoms with Gasteiger partial charge >= 0.3 is 6.03 Å². The summed E-state index contributed by atoms with van der Waals surface area (Å²) in [5.41, 5.74) is 1.71. The highest BCUT2D eigenvalue weighted by Gasteiger charge is 2.51. The number of rotatable bonds is 5. The molecule has 0 aliphatic carbocycles. The predicted molar refractivity (Wildman–Crippen MR) is 120 cm³/mol. The van der Waals surface area contributed by atoms with Crippen LogP contribution in [0.4, 0.5) is 4.79 Å². The van der Waals surface area contributed by atoms with Crippen molar-refractivity contribution in [3.63, 3.8) is 0 Å². The fourth-order valence-corrected chi connectivity index (χ4v) is 3.95. The van der Waals surface area contributed by atoms with Gasteiger partial charge in [0, 0.05) is 10.9 Å². The minimum atomic E-state index is -1.37. The van der Waals surface area contributed by atoms with E-state index in [1.165, 1.54) is 0 Å². The minimum absolute atomic E-state index is 0.318. The smallest absolute Gasteiger partial charge is 0.325 e. The number of hydrogen-bond acceptors (Lipinski definition) is 4. The Morgan fingerprint density at radius 1 is 0.906 bits per heavy atom. The molecule has 1 atom stereocenters. The molecule has 1 aliphatic heterocycles. The van der Waals surface area contributed by atoms with Gasteiger partial charge in [0.15, 0.2) is 11.3 Å². The highest BCUT2D eigenvalue weighted by Crippen LogP contribution is 2.33. The number of nitrogens with zero attached hydrogens (tertiary/aromatic N) is 1. The third-order valence-corrected chi connectivity index (χ3v) is 5.81. The molecule has 1 fully saturated rings. The Hall–Kier alpha value is -4.19. The zero-order valence-electron chi connectivity index (χ0n) is 17.4. The van der Waals surface area contributed by atoms with Gasteiger partial charge in [0.05, 0.1) is 6.54 Å². The SMILES string of the molecule is CC1(c2cc3ccccc3o2)NC(=O)N(CC(=O)c2ccc(-c3ccccc3)cc2)C1=O. The summed E-state index contributed by atoms with van der Waals surface area (Å²) in [6, 6.07) is 25.4. The molecule has 1 saturated heterocycles. The molecule has 1 aliphatic rings. The first-order valence-corrected chi connectivity index (χ1v) is 10.3. The van der Waals surface area contributed by atoms with Crippen LogP contribution in [0.1, 0.15) is 23.0 Å². The van der Waals surface area contributed by atoms with Crippen LogP contribution in [0.5, 0.6) is 0 Å². The van der Waals surface area contributed by atoms with Crippen molar-refractivity contribution in [3.8, 4) is 11.1 Å². The van der Waals surface area contributed by atoms with Crippen molar-refractivity contribution in [3.05, 3.63) is 96.3 Å². The first-order chi connectivity index (χ1) is 15.5. The normalized spacial score (nSPS) is 18.2. The number of hydrogen-bond donors (Lipinski definition) is 1. The maximum Gasteiger partial charge on any atom is 0.325 e. The van der Waals surface area contributed by atoms with Crippen molar-refractivity contribution in [1.82, 2.24) is 10.2 Å². The molecule has 0 spiro atoms. The van der Waals surface area contributed by atoms with Crippen molar-refractivity contribution in [2.24, 2.45) is 0 Å². The van der Waals surface area contributed by atoms with Crippen LogP contribution in [0.3, 0.4) is 0 Å². The van der Waals surface area contributed by atoms with E-state index in [0.717, 1.165) is 21.4 Å². The monoisotopic (exact) mass is 424 g/mol. The second-order valence-electron chi connectivity index (χ2n) is 7.96. The van der Waals surface area contributed by atoms with Crippen LogP contribution in [0.2, 0.25) is 0 Å². The van der Waals surface area contributed by atoms with Crippen molar-refractivity contribution in [2.75, 3.05) is 6.54 Å². The maximum atomic E-state index is 13.2. The zero-order valence-corrected chi connectivity index (χ0v) is 17.4. The van der Waals surface area contributed by atoms with Crippen molar-refractivity contribution < 1.29 is 18.8 Å². The lowest BCUT2D eigenvalue weighted by Gasteiger charge is -2.18. The number of para-hydroxylation sites is 1. The van der Waals surface area contributed by atoms with Gasteiger partial charge in [-0.25, -0.2) is 4.79 Å². The van der Waals surface area contributed by atoms with Crippen LogP contribution < -0.4 is 5.32 Å². The molecule has 158 valence electrons. The molecular weight excluding hydrogens is 404 g/mol. The molecule has 6 heteroatoms. The van der Waals surface area contributed by atoms with E-state index >= 15 is 0 Å². The Morgan fingerprint density at radius 3 is 2.28 bits per heavy atom. The maximum absolute atomic E-state index is 13.2. The van der Waals surface area contributed by atoms with Gasteiger partial charge in [-0.1, -0.05) is 72.8 Å². The second-order valence-corrected chi connectivity index (χ2v) is 7.96. The summed E-state index contributed by atoms with van der Waals surface area (Å²) < 4.78 is 5.82. The number of carbonyl (C=O) groups excluding carboxylic acids is 3. The third kappa shape index (κ3) is 3.26. The largest absolute Gasteiger partial charge is 0.458 e. The van der Waals surface area contributed by atoms with E-state index in [1.54, 1.807) is 31.2 Å². The number of nitrogens with one attached hydrogen (secondary N) is 1. The van der Waals surface area contributed by atoms with Gasteiger partial charge in [-0.3, -0.25) is 14.5 Å². The number of carbonyl (C=O) groups is 3. The number of benzene rings is 3. The molecule has 1 unspecified atom stereocenters. The van der Waals surface area contributed by atoms with Crippen LogP contribution in [0.15, 0.2) is 89.3 Å². The van der Waals surface area contributed by atoms with Crippen molar-refractivity contribution in [2.45, 2.75) is 12.5 Å². The fourth-order valence-electron chi connectivity index (χ4n) is 3.95. The van der Waals surface area contributed by atoms with E-state index in [4.69, 9.17) is 4.42 Å². The molecule has 0 radical (unpaired) electrons. The molecule has 3 amide bonds. The molecule has 1 aromatic heterocycles. The molecule has 0 bridgehead atoms. The Balaban J connectivity index is 1.35. The van der Waals surface area contributed by atoms with Gasteiger partial charge in [0.25, 0.3) is 5.91 Å². The summed E-state index contributed by atoms with van der Waals surface area (Å²) in [5, 5.41) is 3.52. The number of urea groups is 1. The first-order valence-electron chi connectivity index (χ1n) is 10.3. The van der Waals surface area contributed by atoms with Crippen LogP contribution in [-0.2, 0) is 10.3 Å². The van der Waals surface area contributed by atoms with Gasteiger partial charge in [-0.05, 0) is 30.2 Å². The number of ketones is 1. The van der Waals surface area contributed by atoms with E-state index < -0.39 is 17.5 Å². The molecule has 0 saturated carbocycles. The number of furan rings is 1.